The van der Waals surface area contributed by atoms with Gasteiger partial charge in [-0.25, -0.2) is 0 Å². The van der Waals surface area contributed by atoms with Crippen LogP contribution in [0.25, 0.3) is 0 Å². The van der Waals surface area contributed by atoms with Gasteiger partial charge >= 0.3 is 0 Å². The lowest BCUT2D eigenvalue weighted by Crippen LogP contribution is -2.60. The van der Waals surface area contributed by atoms with Crippen molar-refractivity contribution in [1.82, 2.24) is 10.2 Å². The Morgan fingerprint density at radius 2 is 1.70 bits per heavy atom. The van der Waals surface area contributed by atoms with Crippen LogP contribution in [0.15, 0.2) is 0 Å². The predicted molar refractivity (Wildman–Crippen MR) is 89.5 cm³/mol. The highest BCUT2D eigenvalue weighted by Crippen LogP contribution is 2.42. The molecule has 0 aromatic rings. The number of nitrogens with one attached hydrogen (secondary N) is 1. The Hall–Kier alpha value is 0.270. The van der Waals surface area contributed by atoms with Crippen molar-refractivity contribution in [3.8, 4) is 0 Å². The van der Waals surface area contributed by atoms with Crippen molar-refractivity contribution in [3.05, 3.63) is 0 Å². The van der Waals surface area contributed by atoms with E-state index in [9.17, 15) is 0 Å². The van der Waals surface area contributed by atoms with Crippen molar-refractivity contribution in [3.63, 3.8) is 0 Å². The molecule has 3 heteroatoms. The molecule has 0 aromatic heterocycles. The molecule has 4 unspecified atom stereocenters. The van der Waals surface area contributed by atoms with Gasteiger partial charge in [-0.05, 0) is 50.8 Å². The van der Waals surface area contributed by atoms with Crippen molar-refractivity contribution in [2.75, 3.05) is 12.3 Å². The number of nitrogens with zero attached hydrogens (tertiary/aromatic N) is 1. The Morgan fingerprint density at radius 1 is 1.00 bits per heavy atom. The van der Waals surface area contributed by atoms with Gasteiger partial charge in [-0.15, -0.1) is 0 Å². The number of piperidine rings is 2. The number of hydrogen-bond acceptors (Lipinski definition) is 3. The largest absolute Gasteiger partial charge is 0.314 e. The first-order valence-corrected chi connectivity index (χ1v) is 10.0. The zero-order chi connectivity index (χ0) is 13.9. The monoisotopic (exact) mass is 296 g/mol. The molecule has 116 valence electrons. The van der Waals surface area contributed by atoms with Gasteiger partial charge < -0.3 is 5.32 Å². The molecule has 0 aromatic carbocycles. The predicted octanol–water partition coefficient (Wildman–Crippen LogP) is 3.66. The Labute approximate surface area is 129 Å². The van der Waals surface area contributed by atoms with Gasteiger partial charge in [0.25, 0.3) is 0 Å². The molecule has 2 aliphatic heterocycles. The van der Waals surface area contributed by atoms with Crippen LogP contribution >= 0.6 is 11.8 Å². The standard InChI is InChI=1S/C17H32N2S/c1-3-18-13-11-14-7-5-8-15(12-13)19(14)16-9-6-10-17(16)20-4-2/h13-18H,3-12H2,1-2H3. The van der Waals surface area contributed by atoms with E-state index in [0.29, 0.717) is 0 Å². The van der Waals surface area contributed by atoms with Gasteiger partial charge in [0.1, 0.15) is 0 Å². The first-order chi connectivity index (χ1) is 9.83. The van der Waals surface area contributed by atoms with Crippen LogP contribution in [0.2, 0.25) is 0 Å². The van der Waals surface area contributed by atoms with Crippen LogP contribution in [-0.4, -0.2) is 46.6 Å². The maximum Gasteiger partial charge on any atom is 0.0220 e. The van der Waals surface area contributed by atoms with Gasteiger partial charge in [-0.3, -0.25) is 4.90 Å². The minimum atomic E-state index is 0.797. The third-order valence-electron chi connectivity index (χ3n) is 5.71. The maximum atomic E-state index is 3.73. The van der Waals surface area contributed by atoms with E-state index in [1.165, 1.54) is 57.1 Å². The Balaban J connectivity index is 1.69. The van der Waals surface area contributed by atoms with Crippen LogP contribution in [-0.2, 0) is 0 Å². The van der Waals surface area contributed by atoms with E-state index < -0.39 is 0 Å². The average Bonchev–Trinajstić information content (AvgIpc) is 2.86. The summed E-state index contributed by atoms with van der Waals surface area (Å²) in [6, 6.07) is 3.47. The average molecular weight is 297 g/mol. The van der Waals surface area contributed by atoms with Gasteiger partial charge in [0.2, 0.25) is 0 Å². The second-order valence-electron chi connectivity index (χ2n) is 6.90. The molecule has 0 radical (unpaired) electrons. The van der Waals surface area contributed by atoms with Crippen LogP contribution in [0.4, 0.5) is 0 Å². The van der Waals surface area contributed by atoms with E-state index in [0.717, 1.165) is 36.0 Å². The van der Waals surface area contributed by atoms with E-state index in [4.69, 9.17) is 0 Å². The molecular formula is C17H32N2S. The number of hydrogen-bond donors (Lipinski definition) is 1. The summed E-state index contributed by atoms with van der Waals surface area (Å²) in [4.78, 5) is 3.01. The molecule has 1 saturated carbocycles. The van der Waals surface area contributed by atoms with Crippen molar-refractivity contribution >= 4 is 11.8 Å². The number of thioether (sulfide) groups is 1. The summed E-state index contributed by atoms with van der Waals surface area (Å²) in [5.41, 5.74) is 0. The molecule has 3 fully saturated rings. The van der Waals surface area contributed by atoms with E-state index in [-0.39, 0.29) is 0 Å². The van der Waals surface area contributed by atoms with Crippen LogP contribution < -0.4 is 5.32 Å². The van der Waals surface area contributed by atoms with Gasteiger partial charge in [0, 0.05) is 29.4 Å². The Morgan fingerprint density at radius 3 is 2.35 bits per heavy atom. The summed E-state index contributed by atoms with van der Waals surface area (Å²) in [7, 11) is 0. The SMILES string of the molecule is CCNC1CC2CCCC(C1)N2C1CCCC1SCC. The minimum absolute atomic E-state index is 0.797. The first-order valence-electron chi connectivity index (χ1n) is 8.95. The van der Waals surface area contributed by atoms with E-state index in [2.05, 4.69) is 35.8 Å². The van der Waals surface area contributed by atoms with Crippen LogP contribution in [0.1, 0.15) is 65.2 Å². The molecule has 0 spiro atoms. The highest BCUT2D eigenvalue weighted by molar-refractivity contribution is 7.99. The molecule has 1 aliphatic carbocycles. The Kier molecular flexibility index (Phi) is 5.33. The smallest absolute Gasteiger partial charge is 0.0220 e. The topological polar surface area (TPSA) is 15.3 Å². The fraction of sp³-hybridized carbons (Fsp3) is 1.00. The zero-order valence-corrected chi connectivity index (χ0v) is 14.1. The summed E-state index contributed by atoms with van der Waals surface area (Å²) >= 11 is 2.23. The molecule has 1 N–H and O–H groups in total. The van der Waals surface area contributed by atoms with Crippen LogP contribution in [0.3, 0.4) is 0 Å². The highest BCUT2D eigenvalue weighted by Gasteiger charge is 2.44. The number of fused-ring (bicyclic) bond motifs is 2. The second kappa shape index (κ2) is 7.02. The fourth-order valence-corrected chi connectivity index (χ4v) is 6.33. The van der Waals surface area contributed by atoms with E-state index in [1.807, 2.05) is 0 Å². The quantitative estimate of drug-likeness (QED) is 0.833. The zero-order valence-electron chi connectivity index (χ0n) is 13.3. The molecule has 3 aliphatic rings. The molecule has 4 atom stereocenters. The second-order valence-corrected chi connectivity index (χ2v) is 8.42. The van der Waals surface area contributed by atoms with E-state index >= 15 is 0 Å². The molecule has 20 heavy (non-hydrogen) atoms. The maximum absolute atomic E-state index is 3.73. The van der Waals surface area contributed by atoms with Crippen LogP contribution in [0, 0.1) is 0 Å². The first kappa shape index (κ1) is 15.2. The van der Waals surface area contributed by atoms with Crippen LogP contribution in [0.5, 0.6) is 0 Å². The molecule has 3 rings (SSSR count). The van der Waals surface area contributed by atoms with Crippen molar-refractivity contribution in [2.24, 2.45) is 0 Å². The molecule has 0 amide bonds. The lowest BCUT2D eigenvalue weighted by atomic mass is 9.80. The fourth-order valence-electron chi connectivity index (χ4n) is 5.07. The molecule has 2 bridgehead atoms. The third kappa shape index (κ3) is 3.05. The van der Waals surface area contributed by atoms with Gasteiger partial charge in [-0.1, -0.05) is 26.7 Å². The molecule has 2 heterocycles. The van der Waals surface area contributed by atoms with Crippen molar-refractivity contribution in [1.29, 1.82) is 0 Å². The highest BCUT2D eigenvalue weighted by atomic mass is 32.2. The van der Waals surface area contributed by atoms with E-state index in [1.54, 1.807) is 0 Å². The van der Waals surface area contributed by atoms with Crippen molar-refractivity contribution < 1.29 is 0 Å². The summed E-state index contributed by atoms with van der Waals surface area (Å²) in [5, 5.41) is 4.66. The van der Waals surface area contributed by atoms with Gasteiger partial charge in [0.15, 0.2) is 0 Å². The molecule has 2 saturated heterocycles. The van der Waals surface area contributed by atoms with Gasteiger partial charge in [-0.2, -0.15) is 11.8 Å². The third-order valence-corrected chi connectivity index (χ3v) is 7.02. The minimum Gasteiger partial charge on any atom is -0.314 e. The molecule has 2 nitrogen and oxygen atoms in total. The summed E-state index contributed by atoms with van der Waals surface area (Å²) in [5.74, 6) is 1.30. The molecular weight excluding hydrogens is 264 g/mol. The van der Waals surface area contributed by atoms with Gasteiger partial charge in [0.05, 0.1) is 0 Å². The summed E-state index contributed by atoms with van der Waals surface area (Å²) in [6.07, 6.45) is 11.6. The lowest BCUT2D eigenvalue weighted by Gasteiger charge is -2.53. The normalized spacial score (nSPS) is 42.0. The summed E-state index contributed by atoms with van der Waals surface area (Å²) in [6.45, 7) is 5.73. The summed E-state index contributed by atoms with van der Waals surface area (Å²) < 4.78 is 0. The Bertz CT molecular complexity index is 295. The van der Waals surface area contributed by atoms with Crippen molar-refractivity contribution in [2.45, 2.75) is 94.6 Å². The number of rotatable bonds is 5. The lowest BCUT2D eigenvalue weighted by molar-refractivity contribution is -0.00696.